The largest absolute Gasteiger partial charge is 2.00 e. The Bertz CT molecular complexity index is 1350. The van der Waals surface area contributed by atoms with Crippen LogP contribution in [-0.4, -0.2) is 26.0 Å². The average molecular weight is 798 g/mol. The van der Waals surface area contributed by atoms with E-state index in [1.807, 2.05) is 36.7 Å². The number of hydrogen-bond donors (Lipinski definition) is 3. The quantitative estimate of drug-likeness (QED) is 0.159. The van der Waals surface area contributed by atoms with Crippen LogP contribution in [0.3, 0.4) is 0 Å². The number of fused-ring (bicyclic) bond motifs is 5. The third kappa shape index (κ3) is 6.92. The Kier molecular flexibility index (Phi) is 12.4. The molecular formula is C34H45N3O2SU. The van der Waals surface area contributed by atoms with Crippen molar-refractivity contribution >= 4 is 30.7 Å². The molecule has 6 rings (SSSR count). The summed E-state index contributed by atoms with van der Waals surface area (Å²) >= 11 is 3.70. The van der Waals surface area contributed by atoms with Crippen LogP contribution < -0.4 is 15.6 Å². The van der Waals surface area contributed by atoms with Gasteiger partial charge in [0.1, 0.15) is 6.33 Å². The van der Waals surface area contributed by atoms with Gasteiger partial charge in [-0.05, 0) is 81.1 Å². The summed E-state index contributed by atoms with van der Waals surface area (Å²) in [4.78, 5) is 6.01. The first-order chi connectivity index (χ1) is 19.2. The molecule has 5 nitrogen and oxygen atoms in total. The molecule has 6 unspecified atom stereocenters. The number of aryl methyl sites for hydroxylation is 1. The van der Waals surface area contributed by atoms with E-state index < -0.39 is 0 Å². The van der Waals surface area contributed by atoms with Crippen LogP contribution in [0, 0.1) is 72.7 Å². The number of imidazole rings is 1. The molecule has 4 aliphatic rings. The smallest absolute Gasteiger partial charge is 0.675 e. The predicted molar refractivity (Wildman–Crippen MR) is 166 cm³/mol. The summed E-state index contributed by atoms with van der Waals surface area (Å²) in [6.07, 6.45) is 20.9. The van der Waals surface area contributed by atoms with E-state index >= 15 is 0 Å². The Morgan fingerprint density at radius 3 is 2.41 bits per heavy atom. The molecule has 218 valence electrons. The van der Waals surface area contributed by atoms with Gasteiger partial charge in [-0.1, -0.05) is 57.2 Å². The monoisotopic (exact) mass is 797 g/mol. The van der Waals surface area contributed by atoms with Gasteiger partial charge in [0.15, 0.2) is 0 Å². The number of aliphatic hydroxyl groups excluding tert-OH is 1. The van der Waals surface area contributed by atoms with Gasteiger partial charge in [-0.2, -0.15) is 35.9 Å². The van der Waals surface area contributed by atoms with Gasteiger partial charge < -0.3 is 32.6 Å². The molecule has 3 N–H and O–H groups in total. The maximum absolute atomic E-state index is 10.2. The molecule has 2 fully saturated rings. The fourth-order valence-electron chi connectivity index (χ4n) is 8.09. The Labute approximate surface area is 275 Å². The third-order valence-corrected chi connectivity index (χ3v) is 10.1. The number of nitrogens with one attached hydrogen (secondary N) is 1. The summed E-state index contributed by atoms with van der Waals surface area (Å²) in [5, 5.41) is 19.6. The second kappa shape index (κ2) is 14.9. The van der Waals surface area contributed by atoms with Crippen molar-refractivity contribution in [3.05, 3.63) is 83.3 Å². The van der Waals surface area contributed by atoms with Gasteiger partial charge in [0.2, 0.25) is 0 Å². The number of rotatable bonds is 2. The van der Waals surface area contributed by atoms with Crippen LogP contribution in [0.1, 0.15) is 71.3 Å². The molecule has 0 bridgehead atoms. The first kappa shape index (κ1) is 34.2. The molecule has 2 saturated carbocycles. The van der Waals surface area contributed by atoms with Gasteiger partial charge in [0, 0.05) is 11.1 Å². The Hall–Kier alpha value is -1.33. The van der Waals surface area contributed by atoms with E-state index in [0.29, 0.717) is 11.3 Å². The Morgan fingerprint density at radius 1 is 1.12 bits per heavy atom. The average Bonchev–Trinajstić information content (AvgIpc) is 3.50. The summed E-state index contributed by atoms with van der Waals surface area (Å²) in [6, 6.07) is 10.8. The molecule has 0 saturated heterocycles. The fraction of sp³-hybridized carbons (Fsp3) is 0.500. The van der Waals surface area contributed by atoms with E-state index in [-0.39, 0.29) is 42.6 Å². The molecule has 1 aromatic heterocycles. The first-order valence-corrected chi connectivity index (χ1v) is 15.0. The molecule has 0 amide bonds. The van der Waals surface area contributed by atoms with Gasteiger partial charge >= 0.3 is 31.1 Å². The van der Waals surface area contributed by atoms with Gasteiger partial charge in [-0.15, -0.1) is 0 Å². The minimum atomic E-state index is -0.125. The van der Waals surface area contributed by atoms with Crippen LogP contribution >= 0.6 is 0 Å². The molecule has 7 heteroatoms. The van der Waals surface area contributed by atoms with Crippen molar-refractivity contribution in [2.75, 3.05) is 0 Å². The second-order valence-electron chi connectivity index (χ2n) is 12.2. The summed E-state index contributed by atoms with van der Waals surface area (Å²) in [5.74, 6) is 2.20. The molecule has 41 heavy (non-hydrogen) atoms. The number of aliphatic hydroxyl groups is 1. The maximum atomic E-state index is 10.2. The number of allylic oxidation sites excluding steroid dienone is 4. The zero-order valence-electron chi connectivity index (χ0n) is 24.9. The summed E-state index contributed by atoms with van der Waals surface area (Å²) < 4.78 is 2.33. The minimum absolute atomic E-state index is 0. The molecule has 2 aromatic rings. The SMILES string of the molecule is C=C/C=c1\c(=C/C)ncn1C1=CCC2C3CC=C4CC(O)CCC4(C)C3CCC12C.Cc1cc[c-]cc1.ON[S-].[U+2]. The van der Waals surface area contributed by atoms with E-state index in [1.165, 1.54) is 41.8 Å². The number of nitrogens with zero attached hydrogens (tertiary/aromatic N) is 2. The summed E-state index contributed by atoms with van der Waals surface area (Å²) in [6.45, 7) is 13.1. The van der Waals surface area contributed by atoms with Crippen LogP contribution in [-0.2, 0) is 12.8 Å². The van der Waals surface area contributed by atoms with E-state index in [0.717, 1.165) is 41.8 Å². The van der Waals surface area contributed by atoms with E-state index in [9.17, 15) is 5.11 Å². The number of aromatic nitrogens is 2. The maximum Gasteiger partial charge on any atom is 2.00 e. The molecule has 6 atom stereocenters. The standard InChI is InChI=1S/C27H36N2O.C7H7.H2NOS.U/c1-5-7-24-23(6-2)28-17-29(24)25-11-10-21-20-9-8-18-16-19(30)12-14-26(18,3)22(20)13-15-27(21,25)4;1-7-5-3-2-4-6-7;2-1-3;/h5-8,11,17,19-22,30H,1,9-10,12-16H2,2-4H3;3-6H,1H3;1-2H;/q;2*-1;+2/b23-6+,24-7+;;;. The number of benzene rings is 1. The van der Waals surface area contributed by atoms with E-state index in [1.54, 1.807) is 5.57 Å². The molecule has 1 heterocycles. The Balaban J connectivity index is 0.000000360. The van der Waals surface area contributed by atoms with Gasteiger partial charge in [-0.25, -0.2) is 4.98 Å². The molecule has 0 aliphatic heterocycles. The molecular weight excluding hydrogens is 752 g/mol. The van der Waals surface area contributed by atoms with Crippen LogP contribution in [0.5, 0.6) is 0 Å². The van der Waals surface area contributed by atoms with Crippen molar-refractivity contribution in [3.8, 4) is 0 Å². The van der Waals surface area contributed by atoms with Crippen LogP contribution in [0.15, 0.2) is 61.0 Å². The fourth-order valence-corrected chi connectivity index (χ4v) is 8.09. The molecule has 0 radical (unpaired) electrons. The number of hydrogen-bond acceptors (Lipinski definition) is 5. The topological polar surface area (TPSA) is 70.3 Å². The van der Waals surface area contributed by atoms with Crippen molar-refractivity contribution in [3.63, 3.8) is 0 Å². The second-order valence-corrected chi connectivity index (χ2v) is 12.4. The van der Waals surface area contributed by atoms with E-state index in [2.05, 4.69) is 87.0 Å². The zero-order chi connectivity index (χ0) is 28.9. The van der Waals surface area contributed by atoms with Crippen molar-refractivity contribution in [1.29, 1.82) is 0 Å². The molecule has 1 aromatic carbocycles. The van der Waals surface area contributed by atoms with E-state index in [4.69, 9.17) is 5.21 Å². The van der Waals surface area contributed by atoms with Crippen molar-refractivity contribution in [1.82, 2.24) is 14.4 Å². The molecule has 0 spiro atoms. The molecule has 4 aliphatic carbocycles. The van der Waals surface area contributed by atoms with Crippen molar-refractivity contribution < 1.29 is 41.4 Å². The van der Waals surface area contributed by atoms with Gasteiger partial charge in [0.05, 0.1) is 16.8 Å². The summed E-state index contributed by atoms with van der Waals surface area (Å²) in [7, 11) is 0. The van der Waals surface area contributed by atoms with Crippen LogP contribution in [0.2, 0.25) is 0 Å². The van der Waals surface area contributed by atoms with Gasteiger partial charge in [-0.3, -0.25) is 0 Å². The zero-order valence-corrected chi connectivity index (χ0v) is 29.9. The first-order valence-electron chi connectivity index (χ1n) is 14.6. The Morgan fingerprint density at radius 2 is 1.80 bits per heavy atom. The van der Waals surface area contributed by atoms with Crippen molar-refractivity contribution in [2.45, 2.75) is 78.7 Å². The minimum Gasteiger partial charge on any atom is -0.675 e. The third-order valence-electron chi connectivity index (χ3n) is 10.1. The van der Waals surface area contributed by atoms with Crippen molar-refractivity contribution in [2.24, 2.45) is 28.6 Å². The predicted octanol–water partition coefficient (Wildman–Crippen LogP) is 5.65. The van der Waals surface area contributed by atoms with Crippen LogP contribution in [0.25, 0.3) is 17.8 Å². The normalized spacial score (nSPS) is 32.4. The summed E-state index contributed by atoms with van der Waals surface area (Å²) in [5.41, 5.74) is 4.79. The van der Waals surface area contributed by atoms with Gasteiger partial charge in [0.25, 0.3) is 0 Å². The van der Waals surface area contributed by atoms with Crippen LogP contribution in [0.4, 0.5) is 0 Å².